The maximum Gasteiger partial charge on any atom is 0.134 e. The monoisotopic (exact) mass is 377 g/mol. The van der Waals surface area contributed by atoms with Crippen molar-refractivity contribution in [1.29, 1.82) is 0 Å². The lowest BCUT2D eigenvalue weighted by atomic mass is 10.1. The summed E-state index contributed by atoms with van der Waals surface area (Å²) in [6.45, 7) is 9.51. The number of ether oxygens (including phenoxy) is 1. The molecular formula is C14H21Br2NO. The summed E-state index contributed by atoms with van der Waals surface area (Å²) >= 11 is 6.97. The van der Waals surface area contributed by atoms with E-state index in [0.29, 0.717) is 12.0 Å². The zero-order chi connectivity index (χ0) is 13.7. The van der Waals surface area contributed by atoms with E-state index >= 15 is 0 Å². The van der Waals surface area contributed by atoms with Crippen molar-refractivity contribution in [2.45, 2.75) is 39.8 Å². The predicted molar refractivity (Wildman–Crippen MR) is 84.2 cm³/mol. The van der Waals surface area contributed by atoms with Crippen LogP contribution in [0.5, 0.6) is 5.75 Å². The summed E-state index contributed by atoms with van der Waals surface area (Å²) in [6.07, 6.45) is 0.171. The SMILES string of the molecule is CC(C)NCC(Oc1ccc(Br)cc1Br)C(C)C. The molecule has 1 aromatic carbocycles. The molecule has 102 valence electrons. The zero-order valence-electron chi connectivity index (χ0n) is 11.3. The van der Waals surface area contributed by atoms with E-state index in [4.69, 9.17) is 4.74 Å². The Balaban J connectivity index is 2.70. The molecule has 2 nitrogen and oxygen atoms in total. The van der Waals surface area contributed by atoms with E-state index in [0.717, 1.165) is 21.2 Å². The van der Waals surface area contributed by atoms with Gasteiger partial charge in [-0.2, -0.15) is 0 Å². The Kier molecular flexibility index (Phi) is 6.67. The topological polar surface area (TPSA) is 21.3 Å². The Morgan fingerprint density at radius 2 is 1.83 bits per heavy atom. The number of hydrogen-bond acceptors (Lipinski definition) is 2. The molecule has 0 bridgehead atoms. The first-order chi connectivity index (χ1) is 8.40. The zero-order valence-corrected chi connectivity index (χ0v) is 14.5. The van der Waals surface area contributed by atoms with E-state index in [1.807, 2.05) is 18.2 Å². The average Bonchev–Trinajstić information content (AvgIpc) is 2.26. The van der Waals surface area contributed by atoms with Gasteiger partial charge in [-0.25, -0.2) is 0 Å². The van der Waals surface area contributed by atoms with E-state index in [1.165, 1.54) is 0 Å². The molecule has 1 unspecified atom stereocenters. The van der Waals surface area contributed by atoms with E-state index in [-0.39, 0.29) is 6.10 Å². The number of halogens is 2. The van der Waals surface area contributed by atoms with Gasteiger partial charge in [-0.3, -0.25) is 0 Å². The minimum atomic E-state index is 0.171. The summed E-state index contributed by atoms with van der Waals surface area (Å²) in [4.78, 5) is 0. The van der Waals surface area contributed by atoms with Crippen LogP contribution in [0.1, 0.15) is 27.7 Å². The molecule has 0 amide bonds. The Labute approximate surface area is 127 Å². The predicted octanol–water partition coefficient (Wildman–Crippen LogP) is 4.61. The maximum atomic E-state index is 6.08. The van der Waals surface area contributed by atoms with Crippen molar-refractivity contribution in [3.8, 4) is 5.75 Å². The van der Waals surface area contributed by atoms with Crippen molar-refractivity contribution in [2.24, 2.45) is 5.92 Å². The smallest absolute Gasteiger partial charge is 0.134 e. The number of nitrogens with one attached hydrogen (secondary N) is 1. The van der Waals surface area contributed by atoms with Crippen LogP contribution in [0.15, 0.2) is 27.1 Å². The van der Waals surface area contributed by atoms with Crippen LogP contribution in [-0.2, 0) is 0 Å². The van der Waals surface area contributed by atoms with Gasteiger partial charge in [-0.05, 0) is 40.0 Å². The first-order valence-electron chi connectivity index (χ1n) is 6.25. The molecule has 18 heavy (non-hydrogen) atoms. The molecule has 0 saturated heterocycles. The number of benzene rings is 1. The van der Waals surface area contributed by atoms with E-state index in [2.05, 4.69) is 64.9 Å². The molecule has 1 atom stereocenters. The van der Waals surface area contributed by atoms with Crippen molar-refractivity contribution in [1.82, 2.24) is 5.32 Å². The van der Waals surface area contributed by atoms with Gasteiger partial charge in [-0.1, -0.05) is 43.6 Å². The van der Waals surface area contributed by atoms with Gasteiger partial charge in [0.15, 0.2) is 0 Å². The highest BCUT2D eigenvalue weighted by Crippen LogP contribution is 2.29. The first kappa shape index (κ1) is 16.0. The second-order valence-corrected chi connectivity index (χ2v) is 6.81. The molecule has 0 radical (unpaired) electrons. The van der Waals surface area contributed by atoms with Crippen LogP contribution in [0.3, 0.4) is 0 Å². The molecule has 0 fully saturated rings. The van der Waals surface area contributed by atoms with E-state index in [1.54, 1.807) is 0 Å². The second-order valence-electron chi connectivity index (χ2n) is 5.04. The molecular weight excluding hydrogens is 358 g/mol. The van der Waals surface area contributed by atoms with Crippen LogP contribution in [0.4, 0.5) is 0 Å². The quantitative estimate of drug-likeness (QED) is 0.780. The van der Waals surface area contributed by atoms with Crippen LogP contribution in [0.2, 0.25) is 0 Å². The standard InChI is InChI=1S/C14H21Br2NO/c1-9(2)14(8-17-10(3)4)18-13-6-5-11(15)7-12(13)16/h5-7,9-10,14,17H,8H2,1-4H3. The van der Waals surface area contributed by atoms with Crippen molar-refractivity contribution in [3.63, 3.8) is 0 Å². The summed E-state index contributed by atoms with van der Waals surface area (Å²) in [7, 11) is 0. The minimum Gasteiger partial charge on any atom is -0.488 e. The summed E-state index contributed by atoms with van der Waals surface area (Å²) in [5, 5.41) is 3.43. The lowest BCUT2D eigenvalue weighted by Crippen LogP contribution is -2.38. The molecule has 0 aromatic heterocycles. The van der Waals surface area contributed by atoms with Gasteiger partial charge in [-0.15, -0.1) is 0 Å². The third kappa shape index (κ3) is 5.29. The van der Waals surface area contributed by atoms with Crippen LogP contribution in [0, 0.1) is 5.92 Å². The fraction of sp³-hybridized carbons (Fsp3) is 0.571. The van der Waals surface area contributed by atoms with Crippen molar-refractivity contribution >= 4 is 31.9 Å². The van der Waals surface area contributed by atoms with Gasteiger partial charge in [0, 0.05) is 17.1 Å². The molecule has 0 spiro atoms. The van der Waals surface area contributed by atoms with Crippen molar-refractivity contribution in [2.75, 3.05) is 6.54 Å². The van der Waals surface area contributed by atoms with Gasteiger partial charge in [0.1, 0.15) is 11.9 Å². The molecule has 1 rings (SSSR count). The Hall–Kier alpha value is -0.0600. The summed E-state index contributed by atoms with van der Waals surface area (Å²) in [5.74, 6) is 1.36. The third-order valence-corrected chi connectivity index (χ3v) is 3.76. The molecule has 0 aliphatic carbocycles. The van der Waals surface area contributed by atoms with Gasteiger partial charge in [0.25, 0.3) is 0 Å². The van der Waals surface area contributed by atoms with Crippen LogP contribution in [-0.4, -0.2) is 18.7 Å². The van der Waals surface area contributed by atoms with Gasteiger partial charge in [0.2, 0.25) is 0 Å². The highest BCUT2D eigenvalue weighted by Gasteiger charge is 2.16. The largest absolute Gasteiger partial charge is 0.488 e. The molecule has 4 heteroatoms. The summed E-state index contributed by atoms with van der Waals surface area (Å²) in [6, 6.07) is 6.46. The van der Waals surface area contributed by atoms with Crippen LogP contribution >= 0.6 is 31.9 Å². The van der Waals surface area contributed by atoms with E-state index < -0.39 is 0 Å². The van der Waals surface area contributed by atoms with Crippen molar-refractivity contribution < 1.29 is 4.74 Å². The normalized spacial score (nSPS) is 13.1. The number of rotatable bonds is 6. The Morgan fingerprint density at radius 3 is 2.33 bits per heavy atom. The van der Waals surface area contributed by atoms with E-state index in [9.17, 15) is 0 Å². The van der Waals surface area contributed by atoms with Crippen molar-refractivity contribution in [3.05, 3.63) is 27.1 Å². The van der Waals surface area contributed by atoms with Gasteiger partial charge in [0.05, 0.1) is 4.47 Å². The van der Waals surface area contributed by atoms with Crippen LogP contribution < -0.4 is 10.1 Å². The molecule has 1 aromatic rings. The maximum absolute atomic E-state index is 6.08. The Bertz CT molecular complexity index is 380. The molecule has 0 heterocycles. The molecule has 0 aliphatic rings. The fourth-order valence-electron chi connectivity index (χ4n) is 1.50. The highest BCUT2D eigenvalue weighted by molar-refractivity contribution is 9.11. The average molecular weight is 379 g/mol. The molecule has 1 N–H and O–H groups in total. The highest BCUT2D eigenvalue weighted by atomic mass is 79.9. The molecule has 0 aliphatic heterocycles. The summed E-state index contributed by atoms with van der Waals surface area (Å²) < 4.78 is 8.11. The van der Waals surface area contributed by atoms with Gasteiger partial charge >= 0.3 is 0 Å². The second kappa shape index (κ2) is 7.51. The first-order valence-corrected chi connectivity index (χ1v) is 7.84. The molecule has 0 saturated carbocycles. The minimum absolute atomic E-state index is 0.171. The van der Waals surface area contributed by atoms with Gasteiger partial charge < -0.3 is 10.1 Å². The lowest BCUT2D eigenvalue weighted by Gasteiger charge is -2.24. The number of hydrogen-bond donors (Lipinski definition) is 1. The Morgan fingerprint density at radius 1 is 1.17 bits per heavy atom. The summed E-state index contributed by atoms with van der Waals surface area (Å²) in [5.41, 5.74) is 0. The van der Waals surface area contributed by atoms with Crippen LogP contribution in [0.25, 0.3) is 0 Å². The lowest BCUT2D eigenvalue weighted by molar-refractivity contribution is 0.145. The third-order valence-electron chi connectivity index (χ3n) is 2.64. The fourth-order valence-corrected chi connectivity index (χ4v) is 2.64.